The Morgan fingerprint density at radius 3 is 2.40 bits per heavy atom. The fourth-order valence-electron chi connectivity index (χ4n) is 4.19. The number of nitrogens with one attached hydrogen (secondary N) is 1. The maximum Gasteiger partial charge on any atom is 0.211 e. The number of nitrogens with zero attached hydrogens (tertiary/aromatic N) is 5. The molecule has 1 saturated heterocycles. The van der Waals surface area contributed by atoms with E-state index in [1.54, 1.807) is 60.7 Å². The molecule has 0 spiro atoms. The maximum absolute atomic E-state index is 12.0. The number of carbonyl (C=O) groups is 2. The number of fused-ring (bicyclic) bond motifs is 1. The average Bonchev–Trinajstić information content (AvgIpc) is 3.69. The fraction of sp³-hybridized carbons (Fsp3) is 0.242. The number of halogens is 2. The number of aryl methyl sites for hydroxylation is 1. The van der Waals surface area contributed by atoms with Crippen molar-refractivity contribution in [2.75, 3.05) is 25.0 Å². The highest BCUT2D eigenvalue weighted by Gasteiger charge is 2.22. The quantitative estimate of drug-likeness (QED) is 0.182. The molecule has 8 nitrogen and oxygen atoms in total. The summed E-state index contributed by atoms with van der Waals surface area (Å²) >= 11 is 5.81. The fourth-order valence-corrected chi connectivity index (χ4v) is 4.38. The van der Waals surface area contributed by atoms with E-state index >= 15 is 0 Å². The van der Waals surface area contributed by atoms with Gasteiger partial charge in [-0.1, -0.05) is 61.8 Å². The predicted molar refractivity (Wildman–Crippen MR) is 170 cm³/mol. The Balaban J connectivity index is 0.000000185. The van der Waals surface area contributed by atoms with Gasteiger partial charge in [0, 0.05) is 29.7 Å². The topological polar surface area (TPSA) is 92.5 Å². The van der Waals surface area contributed by atoms with Crippen LogP contribution in [-0.2, 0) is 0 Å². The van der Waals surface area contributed by atoms with Gasteiger partial charge in [-0.2, -0.15) is 0 Å². The molecule has 1 atom stereocenters. The van der Waals surface area contributed by atoms with Gasteiger partial charge in [0.05, 0.1) is 11.9 Å². The molecule has 1 aliphatic rings. The van der Waals surface area contributed by atoms with E-state index in [4.69, 9.17) is 11.6 Å². The molecular weight excluding hydrogens is 567 g/mol. The van der Waals surface area contributed by atoms with Gasteiger partial charge in [-0.05, 0) is 68.9 Å². The molecule has 0 radical (unpaired) electrons. The van der Waals surface area contributed by atoms with E-state index in [0.717, 1.165) is 30.2 Å². The van der Waals surface area contributed by atoms with Crippen molar-refractivity contribution in [3.63, 3.8) is 0 Å². The summed E-state index contributed by atoms with van der Waals surface area (Å²) in [6, 6.07) is 23.9. The third-order valence-electron chi connectivity index (χ3n) is 6.38. The Morgan fingerprint density at radius 1 is 1.02 bits per heavy atom. The number of anilines is 1. The summed E-state index contributed by atoms with van der Waals surface area (Å²) in [5, 5.41) is 8.44. The van der Waals surface area contributed by atoms with Crippen molar-refractivity contribution < 1.29 is 14.0 Å². The molecule has 3 aromatic heterocycles. The zero-order valence-electron chi connectivity index (χ0n) is 24.7. The van der Waals surface area contributed by atoms with Gasteiger partial charge in [0.15, 0.2) is 11.9 Å². The number of hydrogen-bond acceptors (Lipinski definition) is 7. The molecule has 2 aromatic carbocycles. The lowest BCUT2D eigenvalue weighted by atomic mass is 10.1. The molecule has 0 unspecified atom stereocenters. The Kier molecular flexibility index (Phi) is 12.9. The van der Waals surface area contributed by atoms with Crippen LogP contribution in [0.25, 0.3) is 5.65 Å². The summed E-state index contributed by atoms with van der Waals surface area (Å²) in [4.78, 5) is 33.1. The highest BCUT2D eigenvalue weighted by Crippen LogP contribution is 2.19. The molecule has 43 heavy (non-hydrogen) atoms. The Labute approximate surface area is 256 Å². The molecule has 1 N–H and O–H groups in total. The molecule has 0 bridgehead atoms. The Bertz CT molecular complexity index is 1610. The van der Waals surface area contributed by atoms with E-state index in [9.17, 15) is 14.0 Å². The van der Waals surface area contributed by atoms with Crippen molar-refractivity contribution in [3.8, 4) is 0 Å². The first-order valence-electron chi connectivity index (χ1n) is 14.0. The van der Waals surface area contributed by atoms with Gasteiger partial charge in [0.1, 0.15) is 23.0 Å². The lowest BCUT2D eigenvalue weighted by Gasteiger charge is -2.17. The molecule has 0 amide bonds. The minimum absolute atomic E-state index is 0.178. The summed E-state index contributed by atoms with van der Waals surface area (Å²) in [6.45, 7) is 8.12. The highest BCUT2D eigenvalue weighted by atomic mass is 35.5. The van der Waals surface area contributed by atoms with E-state index in [2.05, 4.69) is 31.3 Å². The minimum Gasteiger partial charge on any atom is -0.354 e. The number of benzene rings is 2. The number of likely N-dealkylation sites (N-methyl/N-ethyl adjacent to an activating group) is 1. The molecule has 1 fully saturated rings. The van der Waals surface area contributed by atoms with E-state index < -0.39 is 0 Å². The van der Waals surface area contributed by atoms with Crippen LogP contribution in [-0.4, -0.2) is 57.8 Å². The van der Waals surface area contributed by atoms with Gasteiger partial charge in [0.25, 0.3) is 0 Å². The molecule has 5 aromatic rings. The van der Waals surface area contributed by atoms with Crippen LogP contribution >= 0.6 is 11.6 Å². The van der Waals surface area contributed by atoms with Crippen molar-refractivity contribution in [2.24, 2.45) is 0 Å². The minimum atomic E-state index is -0.254. The number of rotatable bonds is 5. The van der Waals surface area contributed by atoms with E-state index in [0.29, 0.717) is 22.9 Å². The average molecular weight is 603 g/mol. The van der Waals surface area contributed by atoms with Gasteiger partial charge < -0.3 is 10.2 Å². The molecule has 0 aliphatic carbocycles. The van der Waals surface area contributed by atoms with Crippen molar-refractivity contribution in [2.45, 2.75) is 33.2 Å². The van der Waals surface area contributed by atoms with E-state index in [-0.39, 0.29) is 23.0 Å². The largest absolute Gasteiger partial charge is 0.354 e. The molecule has 224 valence electrons. The molecule has 0 saturated carbocycles. The third kappa shape index (κ3) is 9.52. The van der Waals surface area contributed by atoms with Crippen LogP contribution in [0, 0.1) is 12.7 Å². The van der Waals surface area contributed by atoms with Crippen molar-refractivity contribution in [1.82, 2.24) is 24.9 Å². The van der Waals surface area contributed by atoms with Crippen LogP contribution < -0.4 is 10.2 Å². The maximum atomic E-state index is 12.0. The Hall–Kier alpha value is -4.47. The SMILES string of the molecule is CC.CN[C@H]1CCN(c2ccc3ncc(C)n3n2)C1.Fc1ccccc1.O=Cc1cccc(C(=O)c2cccc(Cl)c2)n1. The first-order chi connectivity index (χ1) is 20.9. The molecule has 10 heteroatoms. The van der Waals surface area contributed by atoms with Crippen LogP contribution in [0.5, 0.6) is 0 Å². The zero-order valence-corrected chi connectivity index (χ0v) is 25.5. The van der Waals surface area contributed by atoms with Crippen molar-refractivity contribution in [1.29, 1.82) is 0 Å². The van der Waals surface area contributed by atoms with Crippen LogP contribution in [0.2, 0.25) is 5.02 Å². The second-order valence-electron chi connectivity index (χ2n) is 9.28. The van der Waals surface area contributed by atoms with Crippen molar-refractivity contribution >= 4 is 35.1 Å². The normalized spacial score (nSPS) is 13.5. The second-order valence-corrected chi connectivity index (χ2v) is 9.72. The summed E-state index contributed by atoms with van der Waals surface area (Å²) in [7, 11) is 2.02. The van der Waals surface area contributed by atoms with Crippen LogP contribution in [0.4, 0.5) is 10.2 Å². The number of carbonyl (C=O) groups excluding carboxylic acids is 2. The number of aromatic nitrogens is 4. The number of pyridine rings is 1. The Morgan fingerprint density at radius 2 is 1.77 bits per heavy atom. The number of aldehydes is 1. The zero-order chi connectivity index (χ0) is 31.2. The molecular formula is C33H36ClFN6O2. The van der Waals surface area contributed by atoms with Crippen LogP contribution in [0.3, 0.4) is 0 Å². The monoisotopic (exact) mass is 602 g/mol. The van der Waals surface area contributed by atoms with Gasteiger partial charge in [-0.15, -0.1) is 5.10 Å². The van der Waals surface area contributed by atoms with E-state index in [1.165, 1.54) is 18.6 Å². The van der Waals surface area contributed by atoms with Gasteiger partial charge >= 0.3 is 0 Å². The van der Waals surface area contributed by atoms with Crippen molar-refractivity contribution in [3.05, 3.63) is 125 Å². The molecule has 1 aliphatic heterocycles. The second kappa shape index (κ2) is 16.8. The highest BCUT2D eigenvalue weighted by molar-refractivity contribution is 6.31. The lowest BCUT2D eigenvalue weighted by molar-refractivity contribution is 0.103. The first kappa shape index (κ1) is 33.0. The van der Waals surface area contributed by atoms with E-state index in [1.807, 2.05) is 44.6 Å². The molecule has 6 rings (SSSR count). The summed E-state index contributed by atoms with van der Waals surface area (Å²) in [5.41, 5.74) is 2.91. The first-order valence-corrected chi connectivity index (χ1v) is 14.4. The van der Waals surface area contributed by atoms with Gasteiger partial charge in [-0.25, -0.2) is 18.9 Å². The number of ketones is 1. The smallest absolute Gasteiger partial charge is 0.211 e. The predicted octanol–water partition coefficient (Wildman–Crippen LogP) is 6.47. The lowest BCUT2D eigenvalue weighted by Crippen LogP contribution is -2.30. The van der Waals surface area contributed by atoms with Crippen LogP contribution in [0.1, 0.15) is 52.5 Å². The van der Waals surface area contributed by atoms with Gasteiger partial charge in [0.2, 0.25) is 5.78 Å². The van der Waals surface area contributed by atoms with Crippen LogP contribution in [0.15, 0.2) is 91.1 Å². The summed E-state index contributed by atoms with van der Waals surface area (Å²) < 4.78 is 13.8. The molecule has 4 heterocycles. The third-order valence-corrected chi connectivity index (χ3v) is 6.62. The summed E-state index contributed by atoms with van der Waals surface area (Å²) in [6.07, 6.45) is 3.64. The standard InChI is InChI=1S/C13H8ClNO2.C12H17N5.C6H5F.C2H6/c14-10-4-1-3-9(7-10)13(17)12-6-2-5-11(8-16)15-12;1-9-7-14-11-3-4-12(15-17(9)11)16-6-5-10(8-16)13-2;7-6-4-2-1-3-5-6;1-2/h1-8H;3-4,7,10,13H,5-6,8H2,1-2H3;1-5H;1-2H3/t;10-;;/m.0../s1. The van der Waals surface area contributed by atoms with Gasteiger partial charge in [-0.3, -0.25) is 9.59 Å². The number of hydrogen-bond donors (Lipinski definition) is 1. The summed E-state index contributed by atoms with van der Waals surface area (Å²) in [5.74, 6) is 0.607. The number of imidazole rings is 1.